The first-order chi connectivity index (χ1) is 8.19. The molecule has 0 spiro atoms. The average molecular weight is 299 g/mol. The Balaban J connectivity index is 1.77. The number of rotatable bonds is 5. The minimum Gasteiger partial charge on any atom is -0.496 e. The second kappa shape index (κ2) is 5.85. The third-order valence-electron chi connectivity index (χ3n) is 3.25. The Labute approximate surface area is 111 Å². The lowest BCUT2D eigenvalue weighted by Crippen LogP contribution is -2.41. The Hall–Kier alpha value is -0.580. The van der Waals surface area contributed by atoms with Gasteiger partial charge in [-0.15, -0.1) is 0 Å². The zero-order chi connectivity index (χ0) is 12.3. The molecular formula is C13H19BrN2O. The Morgan fingerprint density at radius 1 is 1.47 bits per heavy atom. The van der Waals surface area contributed by atoms with E-state index in [9.17, 15) is 0 Å². The van der Waals surface area contributed by atoms with Crippen molar-refractivity contribution in [3.8, 4) is 5.75 Å². The van der Waals surface area contributed by atoms with Crippen molar-refractivity contribution in [2.24, 2.45) is 11.7 Å². The van der Waals surface area contributed by atoms with Crippen LogP contribution in [0.3, 0.4) is 0 Å². The highest BCUT2D eigenvalue weighted by molar-refractivity contribution is 9.10. The first kappa shape index (κ1) is 12.9. The molecule has 3 nitrogen and oxygen atoms in total. The Bertz CT molecular complexity index is 378. The molecule has 1 aliphatic rings. The van der Waals surface area contributed by atoms with Crippen LogP contribution in [-0.2, 0) is 6.54 Å². The highest BCUT2D eigenvalue weighted by Crippen LogP contribution is 2.26. The lowest BCUT2D eigenvalue weighted by Gasteiger charge is -2.32. The van der Waals surface area contributed by atoms with Crippen LogP contribution in [0.5, 0.6) is 5.75 Å². The molecule has 94 valence electrons. The summed E-state index contributed by atoms with van der Waals surface area (Å²) in [4.78, 5) is 0. The molecule has 0 radical (unpaired) electrons. The molecule has 1 aliphatic carbocycles. The maximum absolute atomic E-state index is 5.76. The second-order valence-corrected chi connectivity index (χ2v) is 5.55. The molecule has 0 heterocycles. The van der Waals surface area contributed by atoms with Gasteiger partial charge in [-0.2, -0.15) is 0 Å². The molecule has 1 aromatic rings. The van der Waals surface area contributed by atoms with Gasteiger partial charge < -0.3 is 15.8 Å². The van der Waals surface area contributed by atoms with Gasteiger partial charge in [-0.05, 0) is 58.9 Å². The first-order valence-corrected chi connectivity index (χ1v) is 6.77. The molecule has 1 saturated carbocycles. The summed E-state index contributed by atoms with van der Waals surface area (Å²) >= 11 is 3.49. The van der Waals surface area contributed by atoms with Crippen LogP contribution >= 0.6 is 15.9 Å². The van der Waals surface area contributed by atoms with Crippen LogP contribution in [0, 0.1) is 5.92 Å². The molecule has 1 fully saturated rings. The quantitative estimate of drug-likeness (QED) is 0.877. The van der Waals surface area contributed by atoms with E-state index in [-0.39, 0.29) is 0 Å². The van der Waals surface area contributed by atoms with Crippen LogP contribution in [0.4, 0.5) is 0 Å². The van der Waals surface area contributed by atoms with E-state index in [0.29, 0.717) is 6.04 Å². The molecular weight excluding hydrogens is 280 g/mol. The molecule has 3 N–H and O–H groups in total. The largest absolute Gasteiger partial charge is 0.496 e. The molecule has 1 aromatic carbocycles. The maximum atomic E-state index is 5.76. The summed E-state index contributed by atoms with van der Waals surface area (Å²) in [5, 5.41) is 3.47. The van der Waals surface area contributed by atoms with Crippen LogP contribution in [0.1, 0.15) is 18.4 Å². The van der Waals surface area contributed by atoms with Gasteiger partial charge in [-0.3, -0.25) is 0 Å². The van der Waals surface area contributed by atoms with Crippen molar-refractivity contribution in [2.45, 2.75) is 25.4 Å². The van der Waals surface area contributed by atoms with Gasteiger partial charge in [0, 0.05) is 12.6 Å². The summed E-state index contributed by atoms with van der Waals surface area (Å²) < 4.78 is 6.20. The molecule has 0 unspecified atom stereocenters. The molecule has 0 amide bonds. The average Bonchev–Trinajstić information content (AvgIpc) is 2.27. The molecule has 0 aromatic heterocycles. The number of nitrogens with two attached hydrogens (primary N) is 1. The highest BCUT2D eigenvalue weighted by atomic mass is 79.9. The molecule has 2 rings (SSSR count). The van der Waals surface area contributed by atoms with E-state index in [2.05, 4.69) is 33.4 Å². The molecule has 0 atom stereocenters. The summed E-state index contributed by atoms with van der Waals surface area (Å²) in [7, 11) is 1.68. The van der Waals surface area contributed by atoms with E-state index >= 15 is 0 Å². The van der Waals surface area contributed by atoms with Gasteiger partial charge in [0.05, 0.1) is 11.6 Å². The number of hydrogen-bond acceptors (Lipinski definition) is 3. The van der Waals surface area contributed by atoms with Crippen molar-refractivity contribution in [3.05, 3.63) is 28.2 Å². The fourth-order valence-electron chi connectivity index (χ4n) is 2.19. The summed E-state index contributed by atoms with van der Waals surface area (Å²) in [5.41, 5.74) is 7.02. The van der Waals surface area contributed by atoms with Gasteiger partial charge in [0.25, 0.3) is 0 Å². The topological polar surface area (TPSA) is 47.3 Å². The monoisotopic (exact) mass is 298 g/mol. The van der Waals surface area contributed by atoms with Crippen molar-refractivity contribution < 1.29 is 4.74 Å². The Morgan fingerprint density at radius 3 is 2.82 bits per heavy atom. The fourth-order valence-corrected chi connectivity index (χ4v) is 2.78. The van der Waals surface area contributed by atoms with E-state index < -0.39 is 0 Å². The van der Waals surface area contributed by atoms with Crippen molar-refractivity contribution in [2.75, 3.05) is 13.7 Å². The first-order valence-electron chi connectivity index (χ1n) is 5.97. The summed E-state index contributed by atoms with van der Waals surface area (Å²) in [6, 6.07) is 6.61. The van der Waals surface area contributed by atoms with Crippen molar-refractivity contribution in [3.63, 3.8) is 0 Å². The van der Waals surface area contributed by atoms with E-state index in [1.54, 1.807) is 7.11 Å². The number of nitrogens with one attached hydrogen (secondary N) is 1. The second-order valence-electron chi connectivity index (χ2n) is 4.70. The number of halogens is 1. The zero-order valence-electron chi connectivity index (χ0n) is 10.1. The van der Waals surface area contributed by atoms with Crippen LogP contribution in [-0.4, -0.2) is 19.7 Å². The Kier molecular flexibility index (Phi) is 4.42. The summed E-state index contributed by atoms with van der Waals surface area (Å²) in [5.74, 6) is 1.64. The van der Waals surface area contributed by atoms with E-state index in [1.807, 2.05) is 6.07 Å². The minimum absolute atomic E-state index is 0.442. The maximum Gasteiger partial charge on any atom is 0.133 e. The molecule has 0 aliphatic heterocycles. The highest BCUT2D eigenvalue weighted by Gasteiger charge is 2.24. The number of methoxy groups -OCH3 is 1. The van der Waals surface area contributed by atoms with E-state index in [0.717, 1.165) is 29.2 Å². The lowest BCUT2D eigenvalue weighted by atomic mass is 9.81. The predicted molar refractivity (Wildman–Crippen MR) is 73.1 cm³/mol. The molecule has 0 saturated heterocycles. The van der Waals surface area contributed by atoms with Crippen LogP contribution in [0.2, 0.25) is 0 Å². The number of benzene rings is 1. The van der Waals surface area contributed by atoms with Crippen molar-refractivity contribution in [1.29, 1.82) is 0 Å². The number of hydrogen-bond donors (Lipinski definition) is 2. The summed E-state index contributed by atoms with van der Waals surface area (Å²) in [6.45, 7) is 1.96. The standard InChI is InChI=1S/C13H19BrN2O/c1-17-13-3-2-9(6-12(13)14)7-16-8-10-4-11(15)5-10/h2-3,6,10-11,16H,4-5,7-8,15H2,1H3. The van der Waals surface area contributed by atoms with Crippen molar-refractivity contribution in [1.82, 2.24) is 5.32 Å². The van der Waals surface area contributed by atoms with Gasteiger partial charge in [-0.1, -0.05) is 6.07 Å². The summed E-state index contributed by atoms with van der Waals surface area (Å²) in [6.07, 6.45) is 2.33. The molecule has 4 heteroatoms. The van der Waals surface area contributed by atoms with Crippen molar-refractivity contribution >= 4 is 15.9 Å². The Morgan fingerprint density at radius 2 is 2.24 bits per heavy atom. The minimum atomic E-state index is 0.442. The fraction of sp³-hybridized carbons (Fsp3) is 0.538. The van der Waals surface area contributed by atoms with Gasteiger partial charge in [0.15, 0.2) is 0 Å². The third kappa shape index (κ3) is 3.44. The van der Waals surface area contributed by atoms with Gasteiger partial charge in [0.1, 0.15) is 5.75 Å². The zero-order valence-corrected chi connectivity index (χ0v) is 11.7. The van der Waals surface area contributed by atoms with Crippen LogP contribution < -0.4 is 15.8 Å². The predicted octanol–water partition coefficient (Wildman–Crippen LogP) is 2.28. The third-order valence-corrected chi connectivity index (χ3v) is 3.87. The molecule has 17 heavy (non-hydrogen) atoms. The SMILES string of the molecule is COc1ccc(CNCC2CC(N)C2)cc1Br. The van der Waals surface area contributed by atoms with Crippen LogP contribution in [0.25, 0.3) is 0 Å². The van der Waals surface area contributed by atoms with E-state index in [4.69, 9.17) is 10.5 Å². The van der Waals surface area contributed by atoms with Gasteiger partial charge in [-0.25, -0.2) is 0 Å². The van der Waals surface area contributed by atoms with Gasteiger partial charge in [0.2, 0.25) is 0 Å². The lowest BCUT2D eigenvalue weighted by molar-refractivity contribution is 0.256. The molecule has 0 bridgehead atoms. The number of ether oxygens (including phenoxy) is 1. The van der Waals surface area contributed by atoms with Crippen LogP contribution in [0.15, 0.2) is 22.7 Å². The normalized spacial score (nSPS) is 23.2. The smallest absolute Gasteiger partial charge is 0.133 e. The van der Waals surface area contributed by atoms with E-state index in [1.165, 1.54) is 18.4 Å². The van der Waals surface area contributed by atoms with Gasteiger partial charge >= 0.3 is 0 Å².